The molecule has 0 saturated heterocycles. The minimum absolute atomic E-state index is 0.324. The molecule has 3 heteroatoms. The van der Waals surface area contributed by atoms with Gasteiger partial charge in [-0.3, -0.25) is 4.21 Å². The van der Waals surface area contributed by atoms with E-state index in [-0.39, 0.29) is 0 Å². The molecule has 2 nitrogen and oxygen atoms in total. The van der Waals surface area contributed by atoms with Gasteiger partial charge in [0, 0.05) is 22.1 Å². The van der Waals surface area contributed by atoms with Gasteiger partial charge in [0.15, 0.2) is 0 Å². The lowest BCUT2D eigenvalue weighted by atomic mass is 9.71. The van der Waals surface area contributed by atoms with E-state index in [1.54, 1.807) is 0 Å². The molecule has 0 aromatic rings. The van der Waals surface area contributed by atoms with E-state index >= 15 is 0 Å². The van der Waals surface area contributed by atoms with E-state index in [4.69, 9.17) is 0 Å². The monoisotopic (exact) mass is 273 g/mol. The topological polar surface area (TPSA) is 29.1 Å². The van der Waals surface area contributed by atoms with E-state index in [2.05, 4.69) is 39.9 Å². The molecule has 1 rings (SSSR count). The van der Waals surface area contributed by atoms with Crippen molar-refractivity contribution in [2.45, 2.75) is 76.8 Å². The Morgan fingerprint density at radius 3 is 2.39 bits per heavy atom. The predicted molar refractivity (Wildman–Crippen MR) is 81.3 cm³/mol. The number of rotatable bonds is 4. The predicted octanol–water partition coefficient (Wildman–Crippen LogP) is 3.34. The lowest BCUT2D eigenvalue weighted by molar-refractivity contribution is 0.165. The Bertz CT molecular complexity index is 285. The molecule has 1 aliphatic rings. The standard InChI is InChI=1S/C15H31NOS/c1-7-11(2)18(17)14-10-12(15(3,4)5)8-9-13(14)16-6/h11-14,16H,7-10H2,1-6H3. The van der Waals surface area contributed by atoms with Gasteiger partial charge in [-0.15, -0.1) is 0 Å². The number of hydrogen-bond acceptors (Lipinski definition) is 2. The van der Waals surface area contributed by atoms with Crippen molar-refractivity contribution in [1.82, 2.24) is 5.32 Å². The molecule has 1 saturated carbocycles. The largest absolute Gasteiger partial charge is 0.316 e. The van der Waals surface area contributed by atoms with Crippen LogP contribution in [0.1, 0.15) is 60.3 Å². The van der Waals surface area contributed by atoms with Crippen molar-refractivity contribution in [3.63, 3.8) is 0 Å². The van der Waals surface area contributed by atoms with Gasteiger partial charge in [0.2, 0.25) is 0 Å². The second kappa shape index (κ2) is 6.51. The van der Waals surface area contributed by atoms with Gasteiger partial charge in [0.1, 0.15) is 0 Å². The molecule has 5 atom stereocenters. The zero-order valence-corrected chi connectivity index (χ0v) is 13.8. The minimum atomic E-state index is -0.699. The molecule has 0 aliphatic heterocycles. The van der Waals surface area contributed by atoms with Crippen LogP contribution in [0.25, 0.3) is 0 Å². The molecule has 1 fully saturated rings. The highest BCUT2D eigenvalue weighted by molar-refractivity contribution is 7.86. The van der Waals surface area contributed by atoms with Gasteiger partial charge >= 0.3 is 0 Å². The zero-order valence-electron chi connectivity index (χ0n) is 13.0. The highest BCUT2D eigenvalue weighted by Crippen LogP contribution is 2.39. The van der Waals surface area contributed by atoms with Crippen molar-refractivity contribution in [2.75, 3.05) is 7.05 Å². The molecule has 0 radical (unpaired) electrons. The van der Waals surface area contributed by atoms with Crippen molar-refractivity contribution < 1.29 is 4.21 Å². The molecule has 0 bridgehead atoms. The summed E-state index contributed by atoms with van der Waals surface area (Å²) in [5, 5.41) is 4.05. The maximum atomic E-state index is 12.6. The van der Waals surface area contributed by atoms with Gasteiger partial charge in [0.25, 0.3) is 0 Å². The van der Waals surface area contributed by atoms with Crippen LogP contribution in [0.4, 0.5) is 0 Å². The molecular weight excluding hydrogens is 242 g/mol. The lowest BCUT2D eigenvalue weighted by Gasteiger charge is -2.42. The first-order valence-electron chi connectivity index (χ1n) is 7.37. The Morgan fingerprint density at radius 1 is 1.33 bits per heavy atom. The third kappa shape index (κ3) is 3.80. The van der Waals surface area contributed by atoms with Gasteiger partial charge in [-0.1, -0.05) is 34.6 Å². The molecule has 18 heavy (non-hydrogen) atoms. The first-order valence-corrected chi connectivity index (χ1v) is 8.65. The molecule has 108 valence electrons. The van der Waals surface area contributed by atoms with Crippen LogP contribution in [0.2, 0.25) is 0 Å². The molecule has 0 heterocycles. The third-order valence-electron chi connectivity index (χ3n) is 4.66. The van der Waals surface area contributed by atoms with Crippen LogP contribution in [-0.4, -0.2) is 27.8 Å². The van der Waals surface area contributed by atoms with E-state index < -0.39 is 10.8 Å². The smallest absolute Gasteiger partial charge is 0.0506 e. The third-order valence-corrected chi connectivity index (χ3v) is 6.90. The summed E-state index contributed by atoms with van der Waals surface area (Å²) in [5.74, 6) is 0.708. The lowest BCUT2D eigenvalue weighted by Crippen LogP contribution is -2.48. The quantitative estimate of drug-likeness (QED) is 0.851. The first kappa shape index (κ1) is 16.2. The van der Waals surface area contributed by atoms with Gasteiger partial charge in [-0.25, -0.2) is 0 Å². The van der Waals surface area contributed by atoms with Gasteiger partial charge in [-0.05, 0) is 44.1 Å². The van der Waals surface area contributed by atoms with Crippen molar-refractivity contribution in [2.24, 2.45) is 11.3 Å². The Morgan fingerprint density at radius 2 is 1.94 bits per heavy atom. The highest BCUT2D eigenvalue weighted by atomic mass is 32.2. The summed E-state index contributed by atoms with van der Waals surface area (Å²) < 4.78 is 12.6. The van der Waals surface area contributed by atoms with Crippen molar-refractivity contribution in [3.8, 4) is 0 Å². The average molecular weight is 273 g/mol. The first-order chi connectivity index (χ1) is 8.31. The van der Waals surface area contributed by atoms with E-state index in [0.29, 0.717) is 27.9 Å². The molecular formula is C15H31NOS. The van der Waals surface area contributed by atoms with E-state index in [1.165, 1.54) is 12.8 Å². The Balaban J connectivity index is 2.80. The second-order valence-corrected chi connectivity index (χ2v) is 8.92. The summed E-state index contributed by atoms with van der Waals surface area (Å²) in [6.45, 7) is 11.2. The summed E-state index contributed by atoms with van der Waals surface area (Å²) in [6.07, 6.45) is 4.57. The van der Waals surface area contributed by atoms with Crippen LogP contribution >= 0.6 is 0 Å². The van der Waals surface area contributed by atoms with Crippen molar-refractivity contribution in [3.05, 3.63) is 0 Å². The molecule has 1 aliphatic carbocycles. The van der Waals surface area contributed by atoms with Gasteiger partial charge in [-0.2, -0.15) is 0 Å². The summed E-state index contributed by atoms with van der Waals surface area (Å²) in [7, 11) is 1.32. The summed E-state index contributed by atoms with van der Waals surface area (Å²) in [6, 6.07) is 0.443. The van der Waals surface area contributed by atoms with Gasteiger partial charge < -0.3 is 5.32 Å². The molecule has 0 amide bonds. The highest BCUT2D eigenvalue weighted by Gasteiger charge is 2.38. The average Bonchev–Trinajstić information content (AvgIpc) is 2.35. The van der Waals surface area contributed by atoms with Crippen LogP contribution in [0, 0.1) is 11.3 Å². The molecule has 0 aromatic carbocycles. The van der Waals surface area contributed by atoms with Crippen LogP contribution in [0.15, 0.2) is 0 Å². The summed E-state index contributed by atoms with van der Waals surface area (Å²) >= 11 is 0. The maximum absolute atomic E-state index is 12.6. The van der Waals surface area contributed by atoms with Crippen LogP contribution in [0.5, 0.6) is 0 Å². The molecule has 1 N–H and O–H groups in total. The van der Waals surface area contributed by atoms with Crippen LogP contribution < -0.4 is 5.32 Å². The fourth-order valence-corrected chi connectivity index (χ4v) is 4.91. The number of nitrogens with one attached hydrogen (secondary N) is 1. The van der Waals surface area contributed by atoms with Crippen molar-refractivity contribution >= 4 is 10.8 Å². The number of hydrogen-bond donors (Lipinski definition) is 1. The fourth-order valence-electron chi connectivity index (χ4n) is 2.97. The molecule has 0 aromatic heterocycles. The maximum Gasteiger partial charge on any atom is 0.0506 e. The SMILES string of the molecule is CCC(C)S(=O)C1CC(C(C)(C)C)CCC1NC. The normalized spacial score (nSPS) is 33.1. The van der Waals surface area contributed by atoms with E-state index in [1.807, 2.05) is 7.05 Å². The zero-order chi connectivity index (χ0) is 13.9. The fraction of sp³-hybridized carbons (Fsp3) is 1.00. The molecule has 5 unspecified atom stereocenters. The van der Waals surface area contributed by atoms with Crippen LogP contribution in [-0.2, 0) is 10.8 Å². The summed E-state index contributed by atoms with van der Waals surface area (Å²) in [4.78, 5) is 0. The van der Waals surface area contributed by atoms with Crippen molar-refractivity contribution in [1.29, 1.82) is 0 Å². The van der Waals surface area contributed by atoms with E-state index in [0.717, 1.165) is 12.8 Å². The Kier molecular flexibility index (Phi) is 5.85. The minimum Gasteiger partial charge on any atom is -0.316 e. The Hall–Kier alpha value is 0.110. The molecule has 0 spiro atoms. The Labute approximate surface area is 116 Å². The van der Waals surface area contributed by atoms with Crippen LogP contribution in [0.3, 0.4) is 0 Å². The second-order valence-electron chi connectivity index (χ2n) is 6.86. The van der Waals surface area contributed by atoms with Gasteiger partial charge in [0.05, 0.1) is 5.25 Å². The van der Waals surface area contributed by atoms with E-state index in [9.17, 15) is 4.21 Å². The summed E-state index contributed by atoms with van der Waals surface area (Å²) in [5.41, 5.74) is 0.344.